The second-order valence-corrected chi connectivity index (χ2v) is 9.29. The summed E-state index contributed by atoms with van der Waals surface area (Å²) in [6.07, 6.45) is 11.0. The van der Waals surface area contributed by atoms with Crippen molar-refractivity contribution in [3.05, 3.63) is 109 Å². The predicted molar refractivity (Wildman–Crippen MR) is 154 cm³/mol. The first-order valence-corrected chi connectivity index (χ1v) is 13.3. The molecule has 3 rings (SSSR count). The normalized spacial score (nSPS) is 15.2. The Kier molecular flexibility index (Phi) is 14.1. The SMILES string of the molecule is C=CCC[C@@H](C)N(CC=C)C(=O)OCc1ccccc1.CC1CCC=CCN1C(=O)OCc1ccccc1. The first kappa shape index (κ1) is 30.4. The molecule has 0 aromatic heterocycles. The number of benzene rings is 2. The van der Waals surface area contributed by atoms with Crippen molar-refractivity contribution >= 4 is 12.2 Å². The van der Waals surface area contributed by atoms with Gasteiger partial charge in [0.15, 0.2) is 0 Å². The molecule has 38 heavy (non-hydrogen) atoms. The quantitative estimate of drug-likeness (QED) is 0.305. The van der Waals surface area contributed by atoms with Crippen LogP contribution in [0.3, 0.4) is 0 Å². The van der Waals surface area contributed by atoms with E-state index in [-0.39, 0.29) is 24.3 Å². The zero-order valence-corrected chi connectivity index (χ0v) is 22.8. The molecule has 0 radical (unpaired) electrons. The van der Waals surface area contributed by atoms with Crippen molar-refractivity contribution in [2.24, 2.45) is 0 Å². The lowest BCUT2D eigenvalue weighted by Crippen LogP contribution is -2.39. The van der Waals surface area contributed by atoms with Gasteiger partial charge >= 0.3 is 12.2 Å². The molecular weight excluding hydrogens is 476 g/mol. The average molecular weight is 519 g/mol. The number of ether oxygens (including phenoxy) is 2. The fourth-order valence-corrected chi connectivity index (χ4v) is 3.93. The number of allylic oxidation sites excluding steroid dienone is 2. The Hall–Kier alpha value is -3.80. The minimum absolute atomic E-state index is 0.106. The summed E-state index contributed by atoms with van der Waals surface area (Å²) < 4.78 is 10.7. The maximum Gasteiger partial charge on any atom is 0.410 e. The summed E-state index contributed by atoms with van der Waals surface area (Å²) >= 11 is 0. The lowest BCUT2D eigenvalue weighted by Gasteiger charge is -2.27. The van der Waals surface area contributed by atoms with Crippen molar-refractivity contribution < 1.29 is 19.1 Å². The molecule has 2 amide bonds. The Morgan fingerprint density at radius 3 is 2.16 bits per heavy atom. The molecule has 204 valence electrons. The number of carbonyl (C=O) groups excluding carboxylic acids is 2. The van der Waals surface area contributed by atoms with Crippen molar-refractivity contribution in [1.82, 2.24) is 9.80 Å². The summed E-state index contributed by atoms with van der Waals surface area (Å²) in [5, 5.41) is 0. The van der Waals surface area contributed by atoms with Crippen LogP contribution >= 0.6 is 0 Å². The lowest BCUT2D eigenvalue weighted by atomic mass is 10.1. The van der Waals surface area contributed by atoms with E-state index in [9.17, 15) is 9.59 Å². The maximum absolute atomic E-state index is 12.1. The molecule has 0 aliphatic carbocycles. The fourth-order valence-electron chi connectivity index (χ4n) is 3.93. The topological polar surface area (TPSA) is 59.1 Å². The van der Waals surface area contributed by atoms with Gasteiger partial charge in [0.2, 0.25) is 0 Å². The largest absolute Gasteiger partial charge is 0.445 e. The third kappa shape index (κ3) is 11.1. The van der Waals surface area contributed by atoms with Crippen LogP contribution in [-0.2, 0) is 22.7 Å². The first-order valence-electron chi connectivity index (χ1n) is 13.3. The molecule has 0 spiro atoms. The van der Waals surface area contributed by atoms with E-state index in [4.69, 9.17) is 9.47 Å². The van der Waals surface area contributed by atoms with Gasteiger partial charge in [0, 0.05) is 25.2 Å². The van der Waals surface area contributed by atoms with E-state index in [1.165, 1.54) is 0 Å². The molecule has 6 nitrogen and oxygen atoms in total. The Morgan fingerprint density at radius 1 is 0.974 bits per heavy atom. The van der Waals surface area contributed by atoms with Gasteiger partial charge < -0.3 is 19.3 Å². The Labute approximate surface area is 228 Å². The van der Waals surface area contributed by atoms with Crippen molar-refractivity contribution in [3.8, 4) is 0 Å². The molecule has 0 saturated heterocycles. The number of rotatable bonds is 10. The molecule has 1 aliphatic rings. The van der Waals surface area contributed by atoms with Gasteiger partial charge in [0.1, 0.15) is 13.2 Å². The number of carbonyl (C=O) groups is 2. The highest BCUT2D eigenvalue weighted by Crippen LogP contribution is 2.14. The van der Waals surface area contributed by atoms with Gasteiger partial charge in [0.05, 0.1) is 0 Å². The smallest absolute Gasteiger partial charge is 0.410 e. The molecule has 0 bridgehead atoms. The molecule has 0 saturated carbocycles. The van der Waals surface area contributed by atoms with E-state index in [2.05, 4.69) is 26.2 Å². The van der Waals surface area contributed by atoms with Crippen LogP contribution in [0.15, 0.2) is 98.1 Å². The molecule has 2 atom stereocenters. The van der Waals surface area contributed by atoms with E-state index in [1.54, 1.807) is 15.9 Å². The summed E-state index contributed by atoms with van der Waals surface area (Å²) in [4.78, 5) is 27.6. The van der Waals surface area contributed by atoms with Crippen LogP contribution in [0, 0.1) is 0 Å². The van der Waals surface area contributed by atoms with Crippen molar-refractivity contribution in [2.75, 3.05) is 13.1 Å². The molecule has 1 aliphatic heterocycles. The number of nitrogens with zero attached hydrogens (tertiary/aromatic N) is 2. The van der Waals surface area contributed by atoms with Crippen LogP contribution < -0.4 is 0 Å². The van der Waals surface area contributed by atoms with Gasteiger partial charge in [-0.25, -0.2) is 9.59 Å². The summed E-state index contributed by atoms with van der Waals surface area (Å²) in [6, 6.07) is 19.8. The molecule has 0 N–H and O–H groups in total. The van der Waals surface area contributed by atoms with Gasteiger partial charge in [-0.2, -0.15) is 0 Å². The zero-order valence-electron chi connectivity index (χ0n) is 22.8. The minimum Gasteiger partial charge on any atom is -0.445 e. The summed E-state index contributed by atoms with van der Waals surface area (Å²) in [5.41, 5.74) is 2.00. The highest BCUT2D eigenvalue weighted by atomic mass is 16.6. The molecule has 1 heterocycles. The van der Waals surface area contributed by atoms with Crippen LogP contribution in [-0.4, -0.2) is 47.2 Å². The van der Waals surface area contributed by atoms with Crippen LogP contribution in [0.2, 0.25) is 0 Å². The monoisotopic (exact) mass is 518 g/mol. The Bertz CT molecular complexity index is 1010. The predicted octanol–water partition coefficient (Wildman–Crippen LogP) is 7.53. The van der Waals surface area contributed by atoms with E-state index < -0.39 is 0 Å². The van der Waals surface area contributed by atoms with Crippen LogP contribution in [0.25, 0.3) is 0 Å². The second kappa shape index (κ2) is 17.6. The average Bonchev–Trinajstić information content (AvgIpc) is 3.17. The van der Waals surface area contributed by atoms with E-state index >= 15 is 0 Å². The Balaban J connectivity index is 0.000000268. The summed E-state index contributed by atoms with van der Waals surface area (Å²) in [7, 11) is 0. The van der Waals surface area contributed by atoms with E-state index in [0.717, 1.165) is 36.8 Å². The van der Waals surface area contributed by atoms with Gasteiger partial charge in [0.25, 0.3) is 0 Å². The number of hydrogen-bond acceptors (Lipinski definition) is 4. The lowest BCUT2D eigenvalue weighted by molar-refractivity contribution is 0.0862. The van der Waals surface area contributed by atoms with Crippen LogP contribution in [0.4, 0.5) is 9.59 Å². The van der Waals surface area contributed by atoms with Crippen molar-refractivity contribution in [3.63, 3.8) is 0 Å². The number of hydrogen-bond donors (Lipinski definition) is 0. The highest BCUT2D eigenvalue weighted by Gasteiger charge is 2.21. The van der Waals surface area contributed by atoms with Gasteiger partial charge in [-0.3, -0.25) is 0 Å². The van der Waals surface area contributed by atoms with Crippen LogP contribution in [0.1, 0.15) is 50.7 Å². The number of amides is 2. The first-order chi connectivity index (χ1) is 18.5. The summed E-state index contributed by atoms with van der Waals surface area (Å²) in [6.45, 7) is 13.2. The van der Waals surface area contributed by atoms with E-state index in [0.29, 0.717) is 26.3 Å². The summed E-state index contributed by atoms with van der Waals surface area (Å²) in [5.74, 6) is 0. The minimum atomic E-state index is -0.301. The highest BCUT2D eigenvalue weighted by molar-refractivity contribution is 5.68. The molecule has 6 heteroatoms. The maximum atomic E-state index is 12.1. The van der Waals surface area contributed by atoms with E-state index in [1.807, 2.05) is 79.7 Å². The molecule has 0 fully saturated rings. The molecule has 1 unspecified atom stereocenters. The standard InChI is InChI=1S/C17H23NO2.C15H19NO2/c1-4-6-10-15(3)18(13-5-2)17(19)20-14-16-11-8-7-9-12-16;1-13-8-4-3-7-11-16(13)15(17)18-12-14-9-5-2-6-10-14/h4-5,7-9,11-12,15H,1-2,6,10,13-14H2,3H3;2-3,5-7,9-10,13H,4,8,11-12H2,1H3/t15-;/m1./s1. The fraction of sp³-hybridized carbons (Fsp3) is 0.375. The molecule has 2 aromatic carbocycles. The van der Waals surface area contributed by atoms with Gasteiger partial charge in [-0.15, -0.1) is 13.2 Å². The third-order valence-corrected chi connectivity index (χ3v) is 6.28. The van der Waals surface area contributed by atoms with Crippen LogP contribution in [0.5, 0.6) is 0 Å². The molecule has 2 aromatic rings. The zero-order chi connectivity index (χ0) is 27.6. The van der Waals surface area contributed by atoms with Crippen molar-refractivity contribution in [2.45, 2.75) is 64.8 Å². The second-order valence-electron chi connectivity index (χ2n) is 9.29. The van der Waals surface area contributed by atoms with Gasteiger partial charge in [-0.1, -0.05) is 85.0 Å². The van der Waals surface area contributed by atoms with Crippen molar-refractivity contribution in [1.29, 1.82) is 0 Å². The van der Waals surface area contributed by atoms with Gasteiger partial charge in [-0.05, 0) is 50.7 Å². The molecular formula is C32H42N2O4. The third-order valence-electron chi connectivity index (χ3n) is 6.28. The Morgan fingerprint density at radius 2 is 1.58 bits per heavy atom.